The predicted molar refractivity (Wildman–Crippen MR) is 86.3 cm³/mol. The molecule has 2 rings (SSSR count). The van der Waals surface area contributed by atoms with E-state index in [2.05, 4.69) is 6.08 Å². The number of nitrogens with two attached hydrogens (primary N) is 3. The van der Waals surface area contributed by atoms with E-state index in [9.17, 15) is 0 Å². The van der Waals surface area contributed by atoms with Gasteiger partial charge in [-0.3, -0.25) is 0 Å². The zero-order valence-corrected chi connectivity index (χ0v) is 11.5. The minimum Gasteiger partial charge on any atom is -0.398 e. The van der Waals surface area contributed by atoms with Crippen LogP contribution in [0, 0.1) is 0 Å². The number of hydrogen-bond donors (Lipinski definition) is 3. The molecule has 20 heavy (non-hydrogen) atoms. The van der Waals surface area contributed by atoms with E-state index in [0.29, 0.717) is 6.54 Å². The Morgan fingerprint density at radius 2 is 1.25 bits per heavy atom. The summed E-state index contributed by atoms with van der Waals surface area (Å²) >= 11 is 0. The lowest BCUT2D eigenvalue weighted by molar-refractivity contribution is 1.02. The smallest absolute Gasteiger partial charge is 0.0349 e. The van der Waals surface area contributed by atoms with Crippen LogP contribution >= 0.6 is 0 Å². The monoisotopic (exact) mass is 267 g/mol. The maximum Gasteiger partial charge on any atom is 0.0349 e. The van der Waals surface area contributed by atoms with Gasteiger partial charge >= 0.3 is 0 Å². The average Bonchev–Trinajstić information content (AvgIpc) is 2.44. The number of nitrogen functional groups attached to an aromatic ring is 2. The van der Waals surface area contributed by atoms with Crippen molar-refractivity contribution in [1.82, 2.24) is 0 Å². The molecule has 0 saturated carbocycles. The van der Waals surface area contributed by atoms with E-state index >= 15 is 0 Å². The zero-order chi connectivity index (χ0) is 14.4. The second kappa shape index (κ2) is 6.78. The lowest BCUT2D eigenvalue weighted by atomic mass is 9.96. The first kappa shape index (κ1) is 14.2. The van der Waals surface area contributed by atoms with Gasteiger partial charge in [0.2, 0.25) is 0 Å². The van der Waals surface area contributed by atoms with Crippen molar-refractivity contribution in [2.24, 2.45) is 5.73 Å². The Morgan fingerprint density at radius 3 is 1.65 bits per heavy atom. The molecule has 0 atom stereocenters. The quantitative estimate of drug-likeness (QED) is 0.575. The fraction of sp³-hybridized carbons (Fsp3) is 0.176. The molecule has 0 spiro atoms. The van der Waals surface area contributed by atoms with E-state index in [-0.39, 0.29) is 0 Å². The first-order chi connectivity index (χ1) is 9.70. The van der Waals surface area contributed by atoms with Crippen molar-refractivity contribution in [2.45, 2.75) is 12.8 Å². The van der Waals surface area contributed by atoms with E-state index in [4.69, 9.17) is 17.2 Å². The molecule has 0 aromatic heterocycles. The molecule has 0 aliphatic heterocycles. The van der Waals surface area contributed by atoms with Gasteiger partial charge < -0.3 is 17.2 Å². The number of rotatable bonds is 5. The third kappa shape index (κ3) is 3.62. The Labute approximate surface area is 120 Å². The van der Waals surface area contributed by atoms with Crippen LogP contribution in [-0.4, -0.2) is 6.54 Å². The van der Waals surface area contributed by atoms with Gasteiger partial charge in [-0.1, -0.05) is 48.0 Å². The summed E-state index contributed by atoms with van der Waals surface area (Å²) < 4.78 is 0. The molecule has 0 amide bonds. The molecular weight excluding hydrogens is 246 g/mol. The molecule has 0 aliphatic carbocycles. The summed E-state index contributed by atoms with van der Waals surface area (Å²) in [6.45, 7) is 0.523. The molecule has 0 saturated heterocycles. The molecule has 2 aromatic rings. The molecule has 6 N–H and O–H groups in total. The summed E-state index contributed by atoms with van der Waals surface area (Å²) in [5, 5.41) is 0. The standard InChI is InChI=1S/C17H21N3/c18-10-9-13(11-14-5-1-3-7-16(14)19)12-15-6-2-4-8-17(15)20/h1-9H,10-12,18-20H2. The number of para-hydroxylation sites is 2. The Balaban J connectivity index is 2.19. The summed E-state index contributed by atoms with van der Waals surface area (Å²) in [4.78, 5) is 0. The highest BCUT2D eigenvalue weighted by molar-refractivity contribution is 5.51. The third-order valence-electron chi connectivity index (χ3n) is 3.35. The second-order valence-corrected chi connectivity index (χ2v) is 4.85. The molecule has 0 unspecified atom stereocenters. The van der Waals surface area contributed by atoms with Crippen molar-refractivity contribution >= 4 is 11.4 Å². The summed E-state index contributed by atoms with van der Waals surface area (Å²) in [6.07, 6.45) is 3.66. The lowest BCUT2D eigenvalue weighted by Crippen LogP contribution is -2.04. The van der Waals surface area contributed by atoms with Crippen molar-refractivity contribution in [1.29, 1.82) is 0 Å². The van der Waals surface area contributed by atoms with Crippen molar-refractivity contribution in [3.8, 4) is 0 Å². The number of anilines is 2. The minimum absolute atomic E-state index is 0.523. The molecule has 2 aromatic carbocycles. The van der Waals surface area contributed by atoms with Gasteiger partial charge in [0.05, 0.1) is 0 Å². The van der Waals surface area contributed by atoms with Gasteiger partial charge in [0.1, 0.15) is 0 Å². The van der Waals surface area contributed by atoms with E-state index in [0.717, 1.165) is 35.3 Å². The van der Waals surface area contributed by atoms with Crippen LogP contribution in [0.5, 0.6) is 0 Å². The highest BCUT2D eigenvalue weighted by Gasteiger charge is 2.06. The van der Waals surface area contributed by atoms with Gasteiger partial charge in [0, 0.05) is 17.9 Å². The van der Waals surface area contributed by atoms with E-state index in [1.54, 1.807) is 0 Å². The first-order valence-corrected chi connectivity index (χ1v) is 6.75. The van der Waals surface area contributed by atoms with Crippen LogP contribution in [0.25, 0.3) is 0 Å². The van der Waals surface area contributed by atoms with Crippen LogP contribution < -0.4 is 17.2 Å². The number of allylic oxidation sites excluding steroid dienone is 1. The Bertz CT molecular complexity index is 553. The summed E-state index contributed by atoms with van der Waals surface area (Å²) in [6, 6.07) is 15.8. The van der Waals surface area contributed by atoms with E-state index < -0.39 is 0 Å². The highest BCUT2D eigenvalue weighted by atomic mass is 14.6. The maximum atomic E-state index is 6.01. The Kier molecular flexibility index (Phi) is 4.80. The lowest BCUT2D eigenvalue weighted by Gasteiger charge is -2.11. The normalized spacial score (nSPS) is 10.2. The van der Waals surface area contributed by atoms with Gasteiger partial charge in [-0.2, -0.15) is 0 Å². The zero-order valence-electron chi connectivity index (χ0n) is 11.5. The van der Waals surface area contributed by atoms with Crippen LogP contribution in [0.1, 0.15) is 11.1 Å². The predicted octanol–water partition coefficient (Wildman–Crippen LogP) is 2.52. The van der Waals surface area contributed by atoms with Gasteiger partial charge in [-0.25, -0.2) is 0 Å². The Morgan fingerprint density at radius 1 is 0.800 bits per heavy atom. The fourth-order valence-electron chi connectivity index (χ4n) is 2.25. The molecule has 0 radical (unpaired) electrons. The summed E-state index contributed by atoms with van der Waals surface area (Å²) in [5.41, 5.74) is 22.8. The van der Waals surface area contributed by atoms with Crippen LogP contribution in [0.4, 0.5) is 11.4 Å². The van der Waals surface area contributed by atoms with Crippen molar-refractivity contribution in [3.05, 3.63) is 71.3 Å². The van der Waals surface area contributed by atoms with Gasteiger partial charge in [-0.05, 0) is 36.1 Å². The molecule has 0 fully saturated rings. The maximum absolute atomic E-state index is 6.01. The third-order valence-corrected chi connectivity index (χ3v) is 3.35. The molecular formula is C17H21N3. The van der Waals surface area contributed by atoms with Crippen LogP contribution in [0.15, 0.2) is 60.2 Å². The number of hydrogen-bond acceptors (Lipinski definition) is 3. The highest BCUT2D eigenvalue weighted by Crippen LogP contribution is 2.21. The fourth-order valence-corrected chi connectivity index (χ4v) is 2.25. The number of benzene rings is 2. The van der Waals surface area contributed by atoms with Crippen molar-refractivity contribution in [3.63, 3.8) is 0 Å². The first-order valence-electron chi connectivity index (χ1n) is 6.75. The molecule has 0 heterocycles. The van der Waals surface area contributed by atoms with Gasteiger partial charge in [-0.15, -0.1) is 0 Å². The van der Waals surface area contributed by atoms with Crippen LogP contribution in [0.2, 0.25) is 0 Å². The molecule has 0 bridgehead atoms. The van der Waals surface area contributed by atoms with Gasteiger partial charge in [0.15, 0.2) is 0 Å². The Hall–Kier alpha value is -2.26. The molecule has 0 aliphatic rings. The van der Waals surface area contributed by atoms with Crippen LogP contribution in [0.3, 0.4) is 0 Å². The summed E-state index contributed by atoms with van der Waals surface area (Å²) in [5.74, 6) is 0. The van der Waals surface area contributed by atoms with Crippen molar-refractivity contribution in [2.75, 3.05) is 18.0 Å². The second-order valence-electron chi connectivity index (χ2n) is 4.85. The molecule has 104 valence electrons. The average molecular weight is 267 g/mol. The van der Waals surface area contributed by atoms with Crippen LogP contribution in [-0.2, 0) is 12.8 Å². The molecule has 3 heteroatoms. The van der Waals surface area contributed by atoms with Crippen molar-refractivity contribution < 1.29 is 0 Å². The SMILES string of the molecule is NCC=C(Cc1ccccc1N)Cc1ccccc1N. The summed E-state index contributed by atoms with van der Waals surface area (Å²) in [7, 11) is 0. The largest absolute Gasteiger partial charge is 0.398 e. The minimum atomic E-state index is 0.523. The molecule has 3 nitrogen and oxygen atoms in total. The topological polar surface area (TPSA) is 78.1 Å². The van der Waals surface area contributed by atoms with E-state index in [1.165, 1.54) is 5.57 Å². The van der Waals surface area contributed by atoms with Gasteiger partial charge in [0.25, 0.3) is 0 Å². The van der Waals surface area contributed by atoms with E-state index in [1.807, 2.05) is 48.5 Å².